The van der Waals surface area contributed by atoms with Gasteiger partial charge in [0.1, 0.15) is 0 Å². The van der Waals surface area contributed by atoms with Crippen LogP contribution in [-0.4, -0.2) is 24.7 Å². The lowest BCUT2D eigenvalue weighted by atomic mass is 10.2. The smallest absolute Gasteiger partial charge is 0.256 e. The first-order chi connectivity index (χ1) is 9.72. The van der Waals surface area contributed by atoms with E-state index in [4.69, 9.17) is 5.73 Å². The quantitative estimate of drug-likeness (QED) is 0.793. The highest BCUT2D eigenvalue weighted by molar-refractivity contribution is 7.99. The van der Waals surface area contributed by atoms with Crippen LogP contribution in [0, 0.1) is 6.92 Å². The summed E-state index contributed by atoms with van der Waals surface area (Å²) in [7, 11) is 0. The number of aryl methyl sites for hydroxylation is 1. The predicted octanol–water partition coefficient (Wildman–Crippen LogP) is 2.10. The van der Waals surface area contributed by atoms with E-state index in [2.05, 4.69) is 20.1 Å². The highest BCUT2D eigenvalue weighted by atomic mass is 32.2. The number of hydrogen-bond donors (Lipinski definition) is 1. The van der Waals surface area contributed by atoms with Crippen molar-refractivity contribution in [1.82, 2.24) is 24.7 Å². The highest BCUT2D eigenvalue weighted by Gasteiger charge is 2.09. The molecule has 0 bridgehead atoms. The van der Waals surface area contributed by atoms with Crippen molar-refractivity contribution in [2.45, 2.75) is 17.0 Å². The normalized spacial score (nSPS) is 10.7. The van der Waals surface area contributed by atoms with Crippen molar-refractivity contribution in [2.24, 2.45) is 0 Å². The molecule has 2 heterocycles. The number of anilines is 1. The maximum absolute atomic E-state index is 5.74. The van der Waals surface area contributed by atoms with Crippen LogP contribution in [0.15, 0.2) is 52.8 Å². The Morgan fingerprint density at radius 2 is 1.95 bits per heavy atom. The Hall–Kier alpha value is -2.41. The van der Waals surface area contributed by atoms with Gasteiger partial charge in [0.25, 0.3) is 5.95 Å². The van der Waals surface area contributed by atoms with Crippen molar-refractivity contribution in [3.63, 3.8) is 0 Å². The summed E-state index contributed by atoms with van der Waals surface area (Å²) in [5.41, 5.74) is 6.90. The van der Waals surface area contributed by atoms with Gasteiger partial charge in [0.2, 0.25) is 5.95 Å². The Bertz CT molecular complexity index is 725. The molecule has 0 aliphatic carbocycles. The van der Waals surface area contributed by atoms with E-state index in [9.17, 15) is 0 Å². The second-order valence-electron chi connectivity index (χ2n) is 4.09. The molecule has 2 aromatic heterocycles. The third-order valence-corrected chi connectivity index (χ3v) is 3.67. The number of aromatic nitrogens is 5. The zero-order valence-corrected chi connectivity index (χ0v) is 11.6. The summed E-state index contributed by atoms with van der Waals surface area (Å²) in [5, 5.41) is 4.65. The number of benzene rings is 1. The van der Waals surface area contributed by atoms with Crippen LogP contribution in [0.1, 0.15) is 5.56 Å². The van der Waals surface area contributed by atoms with E-state index in [1.165, 1.54) is 11.8 Å². The second kappa shape index (κ2) is 5.30. The molecule has 0 fully saturated rings. The first-order valence-corrected chi connectivity index (χ1v) is 6.79. The third kappa shape index (κ3) is 2.62. The van der Waals surface area contributed by atoms with E-state index in [0.29, 0.717) is 11.1 Å². The summed E-state index contributed by atoms with van der Waals surface area (Å²) < 4.78 is 1.56. The van der Waals surface area contributed by atoms with Crippen molar-refractivity contribution < 1.29 is 0 Å². The number of hydrogen-bond acceptors (Lipinski definition) is 6. The largest absolute Gasteiger partial charge is 0.368 e. The molecule has 0 unspecified atom stereocenters. The van der Waals surface area contributed by atoms with Crippen LogP contribution in [-0.2, 0) is 0 Å². The Labute approximate surface area is 120 Å². The Kier molecular flexibility index (Phi) is 3.34. The molecule has 0 saturated carbocycles. The molecule has 20 heavy (non-hydrogen) atoms. The van der Waals surface area contributed by atoms with E-state index in [0.717, 1.165) is 10.5 Å². The number of rotatable bonds is 3. The summed E-state index contributed by atoms with van der Waals surface area (Å²) in [6.45, 7) is 2.04. The highest BCUT2D eigenvalue weighted by Crippen LogP contribution is 2.27. The third-order valence-electron chi connectivity index (χ3n) is 2.62. The average molecular weight is 284 g/mol. The topological polar surface area (TPSA) is 82.5 Å². The van der Waals surface area contributed by atoms with Gasteiger partial charge in [0, 0.05) is 17.3 Å². The lowest BCUT2D eigenvalue weighted by Crippen LogP contribution is -2.07. The van der Waals surface area contributed by atoms with Gasteiger partial charge < -0.3 is 5.73 Å². The van der Waals surface area contributed by atoms with Crippen molar-refractivity contribution in [3.8, 4) is 5.95 Å². The molecule has 0 aliphatic rings. The van der Waals surface area contributed by atoms with Crippen LogP contribution >= 0.6 is 11.8 Å². The van der Waals surface area contributed by atoms with Gasteiger partial charge in [-0.05, 0) is 36.4 Å². The number of nitrogens with zero attached hydrogens (tertiary/aromatic N) is 5. The van der Waals surface area contributed by atoms with Crippen LogP contribution < -0.4 is 5.73 Å². The van der Waals surface area contributed by atoms with Crippen molar-refractivity contribution in [2.75, 3.05) is 5.73 Å². The van der Waals surface area contributed by atoms with Crippen LogP contribution in [0.3, 0.4) is 0 Å². The van der Waals surface area contributed by atoms with E-state index in [1.807, 2.05) is 31.2 Å². The van der Waals surface area contributed by atoms with E-state index < -0.39 is 0 Å². The molecule has 0 saturated heterocycles. The molecule has 7 heteroatoms. The molecule has 0 radical (unpaired) electrons. The fourth-order valence-electron chi connectivity index (χ4n) is 1.67. The fraction of sp³-hybridized carbons (Fsp3) is 0.0769. The zero-order chi connectivity index (χ0) is 13.9. The van der Waals surface area contributed by atoms with Gasteiger partial charge in [-0.25, -0.2) is 4.68 Å². The fourth-order valence-corrected chi connectivity index (χ4v) is 2.50. The Morgan fingerprint density at radius 3 is 2.70 bits per heavy atom. The van der Waals surface area contributed by atoms with Crippen molar-refractivity contribution in [3.05, 3.63) is 48.3 Å². The van der Waals surface area contributed by atoms with Gasteiger partial charge in [-0.3, -0.25) is 0 Å². The first-order valence-electron chi connectivity index (χ1n) is 5.97. The summed E-state index contributed by atoms with van der Waals surface area (Å²) in [6, 6.07) is 9.84. The molecule has 0 atom stereocenters. The minimum atomic E-state index is 0.182. The van der Waals surface area contributed by atoms with Crippen LogP contribution in [0.5, 0.6) is 0 Å². The molecular weight excluding hydrogens is 272 g/mol. The summed E-state index contributed by atoms with van der Waals surface area (Å²) in [4.78, 5) is 13.7. The van der Waals surface area contributed by atoms with E-state index in [1.54, 1.807) is 23.1 Å². The van der Waals surface area contributed by atoms with Crippen LogP contribution in [0.25, 0.3) is 5.95 Å². The second-order valence-corrected chi connectivity index (χ2v) is 5.10. The van der Waals surface area contributed by atoms with Crippen LogP contribution in [0.4, 0.5) is 5.95 Å². The van der Waals surface area contributed by atoms with Gasteiger partial charge in [0.05, 0.1) is 0 Å². The molecule has 0 spiro atoms. The predicted molar refractivity (Wildman–Crippen MR) is 76.7 cm³/mol. The van der Waals surface area contributed by atoms with Crippen LogP contribution in [0.2, 0.25) is 0 Å². The first kappa shape index (κ1) is 12.6. The summed E-state index contributed by atoms with van der Waals surface area (Å²) in [6.07, 6.45) is 3.42. The van der Waals surface area contributed by atoms with Gasteiger partial charge in [-0.2, -0.15) is 20.1 Å². The molecule has 100 valence electrons. The molecular formula is C13H12N6S. The minimum Gasteiger partial charge on any atom is -0.368 e. The SMILES string of the molecule is Cc1ccccc1Sc1nc(N)nc(-n2cccn2)n1. The zero-order valence-electron chi connectivity index (χ0n) is 10.8. The molecule has 3 aromatic rings. The van der Waals surface area contributed by atoms with Gasteiger partial charge in [0.15, 0.2) is 5.16 Å². The molecule has 1 aromatic carbocycles. The van der Waals surface area contributed by atoms with Gasteiger partial charge in [-0.1, -0.05) is 18.2 Å². The van der Waals surface area contributed by atoms with Crippen molar-refractivity contribution >= 4 is 17.7 Å². The molecule has 0 aliphatic heterocycles. The standard InChI is InChI=1S/C13H12N6S/c1-9-5-2-3-6-10(9)20-13-17-11(14)16-12(18-13)19-8-4-7-15-19/h2-8H,1H3,(H2,14,16,17,18). The summed E-state index contributed by atoms with van der Waals surface area (Å²) >= 11 is 1.46. The van der Waals surface area contributed by atoms with E-state index >= 15 is 0 Å². The lowest BCUT2D eigenvalue weighted by Gasteiger charge is -2.06. The maximum Gasteiger partial charge on any atom is 0.256 e. The minimum absolute atomic E-state index is 0.182. The molecule has 0 amide bonds. The average Bonchev–Trinajstić information content (AvgIpc) is 2.95. The Balaban J connectivity index is 1.97. The summed E-state index contributed by atoms with van der Waals surface area (Å²) in [5.74, 6) is 0.597. The van der Waals surface area contributed by atoms with Gasteiger partial charge in [-0.15, -0.1) is 0 Å². The Morgan fingerprint density at radius 1 is 1.10 bits per heavy atom. The van der Waals surface area contributed by atoms with E-state index in [-0.39, 0.29) is 5.95 Å². The van der Waals surface area contributed by atoms with Gasteiger partial charge >= 0.3 is 0 Å². The number of nitrogen functional groups attached to an aromatic ring is 1. The molecule has 2 N–H and O–H groups in total. The lowest BCUT2D eigenvalue weighted by molar-refractivity contribution is 0.764. The monoisotopic (exact) mass is 284 g/mol. The molecule has 6 nitrogen and oxygen atoms in total. The molecule has 3 rings (SSSR count). The maximum atomic E-state index is 5.74. The van der Waals surface area contributed by atoms with Crippen molar-refractivity contribution in [1.29, 1.82) is 0 Å². The number of nitrogens with two attached hydrogens (primary N) is 1.